The molecule has 3 aromatic rings. The van der Waals surface area contributed by atoms with Gasteiger partial charge in [-0.25, -0.2) is 0 Å². The first kappa shape index (κ1) is 18.1. The second kappa shape index (κ2) is 7.06. The summed E-state index contributed by atoms with van der Waals surface area (Å²) in [6, 6.07) is 16.8. The summed E-state index contributed by atoms with van der Waals surface area (Å²) >= 11 is 0. The second-order valence-corrected chi connectivity index (χ2v) is 8.04. The Bertz CT molecular complexity index is 951. The standard InChI is InChI=1S/C24H28N2O/c1-17-5-4-6-18(2)22(17)16-26-13-11-24(27,12-14-26)21-9-10-23-20(15-21)8-7-19(3)25-23/h4-10,15,27H,11-14,16H2,1-3H3. The summed E-state index contributed by atoms with van der Waals surface area (Å²) < 4.78 is 0. The van der Waals surface area contributed by atoms with Crippen molar-refractivity contribution in [2.45, 2.75) is 45.8 Å². The zero-order valence-corrected chi connectivity index (χ0v) is 16.5. The molecule has 0 bridgehead atoms. The van der Waals surface area contributed by atoms with E-state index in [-0.39, 0.29) is 0 Å². The summed E-state index contributed by atoms with van der Waals surface area (Å²) in [6.45, 7) is 9.17. The van der Waals surface area contributed by atoms with Crippen LogP contribution in [0.3, 0.4) is 0 Å². The van der Waals surface area contributed by atoms with Gasteiger partial charge in [0.05, 0.1) is 11.1 Å². The van der Waals surface area contributed by atoms with Crippen LogP contribution in [-0.4, -0.2) is 28.1 Å². The molecule has 2 aromatic carbocycles. The van der Waals surface area contributed by atoms with Crippen LogP contribution in [0.4, 0.5) is 0 Å². The highest BCUT2D eigenvalue weighted by Crippen LogP contribution is 2.35. The third-order valence-corrected chi connectivity index (χ3v) is 6.08. The third kappa shape index (κ3) is 3.62. The summed E-state index contributed by atoms with van der Waals surface area (Å²) in [6.07, 6.45) is 1.53. The summed E-state index contributed by atoms with van der Waals surface area (Å²) in [7, 11) is 0. The Kier molecular flexibility index (Phi) is 4.75. The van der Waals surface area contributed by atoms with Crippen molar-refractivity contribution in [2.75, 3.05) is 13.1 Å². The molecule has 0 radical (unpaired) electrons. The molecule has 3 heteroatoms. The van der Waals surface area contributed by atoms with Crippen molar-refractivity contribution in [3.63, 3.8) is 0 Å². The molecule has 1 saturated heterocycles. The number of nitrogens with zero attached hydrogens (tertiary/aromatic N) is 2. The highest BCUT2D eigenvalue weighted by Gasteiger charge is 2.34. The molecule has 0 spiro atoms. The minimum Gasteiger partial charge on any atom is -0.385 e. The Labute approximate surface area is 161 Å². The molecule has 1 aliphatic heterocycles. The first-order chi connectivity index (χ1) is 12.9. The highest BCUT2D eigenvalue weighted by atomic mass is 16.3. The lowest BCUT2D eigenvalue weighted by Crippen LogP contribution is -2.42. The molecule has 1 aliphatic rings. The third-order valence-electron chi connectivity index (χ3n) is 6.08. The summed E-state index contributed by atoms with van der Waals surface area (Å²) in [4.78, 5) is 7.04. The van der Waals surface area contributed by atoms with Gasteiger partial charge in [-0.05, 0) is 74.1 Å². The maximum absolute atomic E-state index is 11.3. The van der Waals surface area contributed by atoms with E-state index in [0.29, 0.717) is 0 Å². The van der Waals surface area contributed by atoms with Crippen molar-refractivity contribution in [2.24, 2.45) is 0 Å². The van der Waals surface area contributed by atoms with Gasteiger partial charge in [0.2, 0.25) is 0 Å². The number of benzene rings is 2. The van der Waals surface area contributed by atoms with Crippen LogP contribution in [0.2, 0.25) is 0 Å². The molecule has 4 rings (SSSR count). The fourth-order valence-corrected chi connectivity index (χ4v) is 4.21. The van der Waals surface area contributed by atoms with Crippen LogP contribution in [0.25, 0.3) is 10.9 Å². The van der Waals surface area contributed by atoms with Crippen molar-refractivity contribution in [1.29, 1.82) is 0 Å². The average molecular weight is 361 g/mol. The average Bonchev–Trinajstić information content (AvgIpc) is 2.66. The first-order valence-electron chi connectivity index (χ1n) is 9.82. The van der Waals surface area contributed by atoms with Crippen molar-refractivity contribution in [3.8, 4) is 0 Å². The molecule has 1 fully saturated rings. The fraction of sp³-hybridized carbons (Fsp3) is 0.375. The second-order valence-electron chi connectivity index (χ2n) is 8.04. The fourth-order valence-electron chi connectivity index (χ4n) is 4.21. The van der Waals surface area contributed by atoms with Gasteiger partial charge in [0.15, 0.2) is 0 Å². The van der Waals surface area contributed by atoms with Gasteiger partial charge < -0.3 is 5.11 Å². The maximum atomic E-state index is 11.3. The Morgan fingerprint density at radius 3 is 2.37 bits per heavy atom. The quantitative estimate of drug-likeness (QED) is 0.739. The van der Waals surface area contributed by atoms with Crippen molar-refractivity contribution in [1.82, 2.24) is 9.88 Å². The van der Waals surface area contributed by atoms with E-state index in [1.807, 2.05) is 19.1 Å². The Balaban J connectivity index is 1.50. The Morgan fingerprint density at radius 2 is 1.67 bits per heavy atom. The molecule has 0 aliphatic carbocycles. The molecule has 0 amide bonds. The number of piperidine rings is 1. The molecule has 0 atom stereocenters. The molecule has 27 heavy (non-hydrogen) atoms. The van der Waals surface area contributed by atoms with Crippen LogP contribution in [0.1, 0.15) is 40.8 Å². The first-order valence-corrected chi connectivity index (χ1v) is 9.82. The van der Waals surface area contributed by atoms with Crippen molar-refractivity contribution < 1.29 is 5.11 Å². The molecular weight excluding hydrogens is 332 g/mol. The number of pyridine rings is 1. The topological polar surface area (TPSA) is 36.4 Å². The molecule has 3 nitrogen and oxygen atoms in total. The van der Waals surface area contributed by atoms with E-state index >= 15 is 0 Å². The molecule has 1 aromatic heterocycles. The van der Waals surface area contributed by atoms with E-state index < -0.39 is 5.60 Å². The number of likely N-dealkylation sites (tertiary alicyclic amines) is 1. The molecule has 2 heterocycles. The van der Waals surface area contributed by atoms with Gasteiger partial charge in [-0.15, -0.1) is 0 Å². The lowest BCUT2D eigenvalue weighted by Gasteiger charge is -2.39. The molecule has 1 N–H and O–H groups in total. The van der Waals surface area contributed by atoms with Gasteiger partial charge >= 0.3 is 0 Å². The predicted octanol–water partition coefficient (Wildman–Crippen LogP) is 4.64. The number of aryl methyl sites for hydroxylation is 3. The van der Waals surface area contributed by atoms with Gasteiger partial charge in [0.1, 0.15) is 0 Å². The number of aromatic nitrogens is 1. The summed E-state index contributed by atoms with van der Waals surface area (Å²) in [5, 5.41) is 12.4. The summed E-state index contributed by atoms with van der Waals surface area (Å²) in [5.41, 5.74) is 6.43. The van der Waals surface area contributed by atoms with Crippen LogP contribution in [0.15, 0.2) is 48.5 Å². The Hall–Kier alpha value is -2.23. The van der Waals surface area contributed by atoms with Crippen LogP contribution in [-0.2, 0) is 12.1 Å². The number of fused-ring (bicyclic) bond motifs is 1. The number of aliphatic hydroxyl groups is 1. The molecule has 140 valence electrons. The predicted molar refractivity (Wildman–Crippen MR) is 111 cm³/mol. The summed E-state index contributed by atoms with van der Waals surface area (Å²) in [5.74, 6) is 0. The highest BCUT2D eigenvalue weighted by molar-refractivity contribution is 5.79. The lowest BCUT2D eigenvalue weighted by atomic mass is 9.83. The van der Waals surface area contributed by atoms with Gasteiger partial charge in [-0.1, -0.05) is 30.3 Å². The lowest BCUT2D eigenvalue weighted by molar-refractivity contribution is -0.0277. The van der Waals surface area contributed by atoms with E-state index in [4.69, 9.17) is 0 Å². The van der Waals surface area contributed by atoms with E-state index in [0.717, 1.165) is 54.6 Å². The molecule has 0 saturated carbocycles. The number of hydrogen-bond acceptors (Lipinski definition) is 3. The molecular formula is C24H28N2O. The zero-order valence-electron chi connectivity index (χ0n) is 16.5. The van der Waals surface area contributed by atoms with Crippen LogP contribution in [0.5, 0.6) is 0 Å². The van der Waals surface area contributed by atoms with E-state index in [9.17, 15) is 5.11 Å². The van der Waals surface area contributed by atoms with Crippen molar-refractivity contribution in [3.05, 3.63) is 76.5 Å². The van der Waals surface area contributed by atoms with E-state index in [1.54, 1.807) is 0 Å². The Morgan fingerprint density at radius 1 is 0.963 bits per heavy atom. The van der Waals surface area contributed by atoms with E-state index in [1.165, 1.54) is 16.7 Å². The smallest absolute Gasteiger partial charge is 0.0921 e. The normalized spacial score (nSPS) is 17.3. The van der Waals surface area contributed by atoms with Crippen LogP contribution in [0, 0.1) is 20.8 Å². The van der Waals surface area contributed by atoms with Crippen LogP contribution < -0.4 is 0 Å². The number of hydrogen-bond donors (Lipinski definition) is 1. The van der Waals surface area contributed by atoms with Crippen molar-refractivity contribution >= 4 is 10.9 Å². The maximum Gasteiger partial charge on any atom is 0.0921 e. The van der Waals surface area contributed by atoms with Crippen LogP contribution >= 0.6 is 0 Å². The largest absolute Gasteiger partial charge is 0.385 e. The van der Waals surface area contributed by atoms with E-state index in [2.05, 4.69) is 60.1 Å². The van der Waals surface area contributed by atoms with Gasteiger partial charge in [0, 0.05) is 30.7 Å². The zero-order chi connectivity index (χ0) is 19.0. The minimum atomic E-state index is -0.740. The van der Waals surface area contributed by atoms with Gasteiger partial charge in [-0.2, -0.15) is 0 Å². The molecule has 0 unspecified atom stereocenters. The van der Waals surface area contributed by atoms with Gasteiger partial charge in [0.25, 0.3) is 0 Å². The van der Waals surface area contributed by atoms with Gasteiger partial charge in [-0.3, -0.25) is 9.88 Å². The SMILES string of the molecule is Cc1ccc2cc(C3(O)CCN(Cc4c(C)cccc4C)CC3)ccc2n1. The number of rotatable bonds is 3. The minimum absolute atomic E-state index is 0.740. The monoisotopic (exact) mass is 360 g/mol.